The van der Waals surface area contributed by atoms with Gasteiger partial charge >= 0.3 is 0 Å². The first-order valence-electron chi connectivity index (χ1n) is 8.53. The number of hydrogen-bond acceptors (Lipinski definition) is 2. The Morgan fingerprint density at radius 3 is 2.65 bits per heavy atom. The van der Waals surface area contributed by atoms with Crippen LogP contribution in [-0.4, -0.2) is 40.4 Å². The van der Waals surface area contributed by atoms with Gasteiger partial charge in [0.25, 0.3) is 5.91 Å². The van der Waals surface area contributed by atoms with Gasteiger partial charge in [-0.3, -0.25) is 9.59 Å². The summed E-state index contributed by atoms with van der Waals surface area (Å²) in [5, 5.41) is 2.84. The molecule has 1 N–H and O–H groups in total. The van der Waals surface area contributed by atoms with E-state index in [4.69, 9.17) is 0 Å². The predicted molar refractivity (Wildman–Crippen MR) is 91.4 cm³/mol. The van der Waals surface area contributed by atoms with Gasteiger partial charge in [-0.25, -0.2) is 0 Å². The molecule has 1 aromatic heterocycles. The highest BCUT2D eigenvalue weighted by atomic mass is 16.2. The molecule has 2 heterocycles. The Hall–Kier alpha value is -1.78. The Balaban J connectivity index is 2.05. The molecular weight excluding hydrogens is 290 g/mol. The first-order valence-corrected chi connectivity index (χ1v) is 8.53. The van der Waals surface area contributed by atoms with E-state index in [1.807, 2.05) is 23.4 Å². The van der Waals surface area contributed by atoms with Crippen LogP contribution < -0.4 is 5.32 Å². The molecule has 0 bridgehead atoms. The smallest absolute Gasteiger partial charge is 0.255 e. The van der Waals surface area contributed by atoms with Gasteiger partial charge in [-0.05, 0) is 52.5 Å². The molecule has 1 aliphatic rings. The summed E-state index contributed by atoms with van der Waals surface area (Å²) in [6.07, 6.45) is 7.97. The SMILES string of the molecule is CC(=O)NCC[C@H]1CCCCN1C(=O)c1ccn(C(C)(C)C)c1. The number of amides is 2. The monoisotopic (exact) mass is 319 g/mol. The topological polar surface area (TPSA) is 54.3 Å². The molecule has 128 valence electrons. The van der Waals surface area contributed by atoms with Gasteiger partial charge in [-0.1, -0.05) is 0 Å². The molecule has 1 fully saturated rings. The number of carbonyl (C=O) groups excluding carboxylic acids is 2. The highest BCUT2D eigenvalue weighted by Gasteiger charge is 2.28. The van der Waals surface area contributed by atoms with Crippen LogP contribution in [0, 0.1) is 0 Å². The number of likely N-dealkylation sites (tertiary alicyclic amines) is 1. The second-order valence-electron chi connectivity index (χ2n) is 7.40. The van der Waals surface area contributed by atoms with Crippen LogP contribution in [0.2, 0.25) is 0 Å². The van der Waals surface area contributed by atoms with Crippen molar-refractivity contribution in [3.05, 3.63) is 24.0 Å². The van der Waals surface area contributed by atoms with Crippen molar-refractivity contribution in [1.29, 1.82) is 0 Å². The Kier molecular flexibility index (Phi) is 5.50. The Labute approximate surface area is 139 Å². The summed E-state index contributed by atoms with van der Waals surface area (Å²) < 4.78 is 2.08. The van der Waals surface area contributed by atoms with Gasteiger partial charge in [0, 0.05) is 44.0 Å². The maximum atomic E-state index is 12.9. The number of aromatic nitrogens is 1. The largest absolute Gasteiger partial charge is 0.356 e. The van der Waals surface area contributed by atoms with E-state index in [9.17, 15) is 9.59 Å². The second kappa shape index (κ2) is 7.20. The maximum Gasteiger partial charge on any atom is 0.255 e. The zero-order chi connectivity index (χ0) is 17.0. The van der Waals surface area contributed by atoms with Gasteiger partial charge in [0.15, 0.2) is 0 Å². The van der Waals surface area contributed by atoms with E-state index in [-0.39, 0.29) is 23.4 Å². The Morgan fingerprint density at radius 1 is 1.30 bits per heavy atom. The molecule has 1 saturated heterocycles. The predicted octanol–water partition coefficient (Wildman–Crippen LogP) is 2.76. The van der Waals surface area contributed by atoms with Gasteiger partial charge in [0.05, 0.1) is 5.56 Å². The molecule has 0 aliphatic carbocycles. The summed E-state index contributed by atoms with van der Waals surface area (Å²) in [5.74, 6) is 0.0986. The minimum absolute atomic E-state index is 0.0130. The number of carbonyl (C=O) groups is 2. The summed E-state index contributed by atoms with van der Waals surface area (Å²) in [6, 6.07) is 2.13. The van der Waals surface area contributed by atoms with E-state index in [1.165, 1.54) is 6.92 Å². The lowest BCUT2D eigenvalue weighted by atomic mass is 9.98. The molecule has 2 amide bonds. The molecule has 0 unspecified atom stereocenters. The Morgan fingerprint density at radius 2 is 2.04 bits per heavy atom. The zero-order valence-electron chi connectivity index (χ0n) is 14.8. The summed E-state index contributed by atoms with van der Waals surface area (Å²) >= 11 is 0. The molecule has 1 atom stereocenters. The van der Waals surface area contributed by atoms with E-state index >= 15 is 0 Å². The first-order chi connectivity index (χ1) is 10.8. The van der Waals surface area contributed by atoms with E-state index in [2.05, 4.69) is 30.7 Å². The lowest BCUT2D eigenvalue weighted by molar-refractivity contribution is -0.119. The van der Waals surface area contributed by atoms with Gasteiger partial charge in [-0.2, -0.15) is 0 Å². The summed E-state index contributed by atoms with van der Waals surface area (Å²) in [5.41, 5.74) is 0.733. The third kappa shape index (κ3) is 4.60. The minimum atomic E-state index is -0.0226. The van der Waals surface area contributed by atoms with E-state index < -0.39 is 0 Å². The van der Waals surface area contributed by atoms with E-state index in [0.29, 0.717) is 6.54 Å². The molecule has 1 aromatic rings. The maximum absolute atomic E-state index is 12.9. The van der Waals surface area contributed by atoms with Gasteiger partial charge in [-0.15, -0.1) is 0 Å². The fraction of sp³-hybridized carbons (Fsp3) is 0.667. The zero-order valence-corrected chi connectivity index (χ0v) is 14.8. The van der Waals surface area contributed by atoms with Crippen molar-refractivity contribution >= 4 is 11.8 Å². The van der Waals surface area contributed by atoms with E-state index in [0.717, 1.165) is 37.8 Å². The lowest BCUT2D eigenvalue weighted by Crippen LogP contribution is -2.45. The van der Waals surface area contributed by atoms with Crippen LogP contribution in [0.1, 0.15) is 63.7 Å². The summed E-state index contributed by atoms with van der Waals surface area (Å²) in [4.78, 5) is 25.9. The molecule has 1 aliphatic heterocycles. The highest BCUT2D eigenvalue weighted by molar-refractivity contribution is 5.94. The molecule has 23 heavy (non-hydrogen) atoms. The molecule has 5 heteroatoms. The van der Waals surface area contributed by atoms with Crippen molar-refractivity contribution in [2.24, 2.45) is 0 Å². The highest BCUT2D eigenvalue weighted by Crippen LogP contribution is 2.23. The Bertz CT molecular complexity index is 557. The number of hydrogen-bond donors (Lipinski definition) is 1. The number of piperidine rings is 1. The average Bonchev–Trinajstić information content (AvgIpc) is 2.96. The molecule has 2 rings (SSSR count). The van der Waals surface area contributed by atoms with Crippen LogP contribution in [0.3, 0.4) is 0 Å². The van der Waals surface area contributed by atoms with Crippen LogP contribution in [0.15, 0.2) is 18.5 Å². The van der Waals surface area contributed by atoms with Crippen molar-refractivity contribution in [2.45, 2.75) is 65.0 Å². The summed E-state index contributed by atoms with van der Waals surface area (Å²) in [7, 11) is 0. The molecule has 0 spiro atoms. The molecule has 0 saturated carbocycles. The van der Waals surface area contributed by atoms with Crippen molar-refractivity contribution in [3.63, 3.8) is 0 Å². The van der Waals surface area contributed by atoms with E-state index in [1.54, 1.807) is 0 Å². The fourth-order valence-electron chi connectivity index (χ4n) is 3.09. The first kappa shape index (κ1) is 17.6. The van der Waals surface area contributed by atoms with Crippen molar-refractivity contribution in [2.75, 3.05) is 13.1 Å². The lowest BCUT2D eigenvalue weighted by Gasteiger charge is -2.36. The molecule has 0 radical (unpaired) electrons. The molecule has 5 nitrogen and oxygen atoms in total. The van der Waals surface area contributed by atoms with Crippen LogP contribution in [0.25, 0.3) is 0 Å². The third-order valence-electron chi connectivity index (χ3n) is 4.45. The van der Waals surface area contributed by atoms with Crippen LogP contribution in [0.4, 0.5) is 0 Å². The average molecular weight is 319 g/mol. The number of nitrogens with zero attached hydrogens (tertiary/aromatic N) is 2. The quantitative estimate of drug-likeness (QED) is 0.928. The number of nitrogens with one attached hydrogen (secondary N) is 1. The second-order valence-corrected chi connectivity index (χ2v) is 7.40. The summed E-state index contributed by atoms with van der Waals surface area (Å²) in [6.45, 7) is 9.34. The van der Waals surface area contributed by atoms with Gasteiger partial charge in [0.1, 0.15) is 0 Å². The van der Waals surface area contributed by atoms with Gasteiger partial charge in [0.2, 0.25) is 5.91 Å². The standard InChI is InChI=1S/C18H29N3O2/c1-14(22)19-10-8-16-7-5-6-11-21(16)17(23)15-9-12-20(13-15)18(2,3)4/h9,12-13,16H,5-8,10-11H2,1-4H3,(H,19,22)/t16-/m1/s1. The van der Waals surface area contributed by atoms with Crippen molar-refractivity contribution < 1.29 is 9.59 Å². The number of rotatable bonds is 4. The normalized spacial score (nSPS) is 18.8. The van der Waals surface area contributed by atoms with Crippen molar-refractivity contribution in [3.8, 4) is 0 Å². The third-order valence-corrected chi connectivity index (χ3v) is 4.45. The van der Waals surface area contributed by atoms with Crippen LogP contribution in [0.5, 0.6) is 0 Å². The fourth-order valence-corrected chi connectivity index (χ4v) is 3.09. The van der Waals surface area contributed by atoms with Gasteiger partial charge < -0.3 is 14.8 Å². The molecular formula is C18H29N3O2. The van der Waals surface area contributed by atoms with Crippen LogP contribution in [-0.2, 0) is 10.3 Å². The van der Waals surface area contributed by atoms with Crippen LogP contribution >= 0.6 is 0 Å². The minimum Gasteiger partial charge on any atom is -0.356 e. The van der Waals surface area contributed by atoms with Crippen molar-refractivity contribution in [1.82, 2.24) is 14.8 Å². The molecule has 0 aromatic carbocycles.